The Hall–Kier alpha value is -3.02. The second-order valence-electron chi connectivity index (χ2n) is 13.5. The summed E-state index contributed by atoms with van der Waals surface area (Å²) >= 11 is 0.970. The molecule has 0 amide bonds. The van der Waals surface area contributed by atoms with Gasteiger partial charge in [0.15, 0.2) is 15.8 Å². The number of aryl methyl sites for hydroxylation is 2. The number of aliphatic hydroxyl groups is 1. The first-order valence-corrected chi connectivity index (χ1v) is 15.6. The number of halogens is 2. The highest BCUT2D eigenvalue weighted by atomic mass is 32.1. The van der Waals surface area contributed by atoms with Crippen LogP contribution in [0, 0.1) is 30.9 Å². The molecule has 0 bridgehead atoms. The van der Waals surface area contributed by atoms with Gasteiger partial charge in [0, 0.05) is 72.2 Å². The summed E-state index contributed by atoms with van der Waals surface area (Å²) in [5.41, 5.74) is -0.00942. The maximum absolute atomic E-state index is 14.3. The monoisotopic (exact) mass is 611 g/mol. The molecule has 2 aromatic heterocycles. The minimum Gasteiger partial charge on any atom is -0.390 e. The zero-order valence-corrected chi connectivity index (χ0v) is 26.2. The number of benzene rings is 1. The molecule has 43 heavy (non-hydrogen) atoms. The number of rotatable bonds is 10. The Bertz CT molecular complexity index is 1500. The molecule has 0 radical (unpaired) electrons. The van der Waals surface area contributed by atoms with E-state index in [-0.39, 0.29) is 46.4 Å². The van der Waals surface area contributed by atoms with Crippen LogP contribution in [0.1, 0.15) is 92.7 Å². The van der Waals surface area contributed by atoms with E-state index in [2.05, 4.69) is 25.1 Å². The van der Waals surface area contributed by atoms with Gasteiger partial charge in [0.25, 0.3) is 0 Å². The number of Topliss-reactive ketones (excluding diaryl/α,β-unsaturated/α-hetero) is 2. The van der Waals surface area contributed by atoms with Crippen LogP contribution >= 0.6 is 11.3 Å². The summed E-state index contributed by atoms with van der Waals surface area (Å²) in [6.07, 6.45) is 3.75. The minimum atomic E-state index is -0.770. The van der Waals surface area contributed by atoms with Gasteiger partial charge in [-0.25, -0.2) is 18.7 Å². The molecule has 8 nitrogen and oxygen atoms in total. The van der Waals surface area contributed by atoms with E-state index in [0.717, 1.165) is 60.5 Å². The van der Waals surface area contributed by atoms with Crippen LogP contribution in [0.5, 0.6) is 0 Å². The average molecular weight is 612 g/mol. The van der Waals surface area contributed by atoms with E-state index in [9.17, 15) is 23.5 Å². The molecule has 1 aliphatic heterocycles. The van der Waals surface area contributed by atoms with Gasteiger partial charge in [-0.1, -0.05) is 25.2 Å². The van der Waals surface area contributed by atoms with Crippen LogP contribution in [0.3, 0.4) is 0 Å². The van der Waals surface area contributed by atoms with Gasteiger partial charge in [-0.2, -0.15) is 0 Å². The highest BCUT2D eigenvalue weighted by Crippen LogP contribution is 2.44. The molecule has 1 saturated heterocycles. The van der Waals surface area contributed by atoms with Crippen LogP contribution in [-0.2, 0) is 10.2 Å². The van der Waals surface area contributed by atoms with Crippen LogP contribution in [0.2, 0.25) is 0 Å². The summed E-state index contributed by atoms with van der Waals surface area (Å²) < 4.78 is 27.7. The first-order chi connectivity index (χ1) is 20.1. The fraction of sp³-hybridized carbons (Fsp3) is 0.562. The fourth-order valence-electron chi connectivity index (χ4n) is 6.55. The normalized spacial score (nSPS) is 22.3. The van der Waals surface area contributed by atoms with E-state index in [4.69, 9.17) is 0 Å². The molecule has 1 aliphatic carbocycles. The van der Waals surface area contributed by atoms with Crippen LogP contribution in [0.4, 0.5) is 8.78 Å². The van der Waals surface area contributed by atoms with E-state index in [1.807, 2.05) is 40.7 Å². The lowest BCUT2D eigenvalue weighted by Gasteiger charge is -2.54. The molecule has 3 heterocycles. The van der Waals surface area contributed by atoms with Crippen LogP contribution in [-0.4, -0.2) is 66.5 Å². The van der Waals surface area contributed by atoms with Crippen LogP contribution in [0.25, 0.3) is 10.6 Å². The molecular formula is C32H39F2N5O3S. The Morgan fingerprint density at radius 3 is 2.33 bits per heavy atom. The maximum atomic E-state index is 14.3. The van der Waals surface area contributed by atoms with Crippen molar-refractivity contribution in [3.8, 4) is 10.6 Å². The van der Waals surface area contributed by atoms with Gasteiger partial charge in [-0.15, -0.1) is 10.2 Å². The average Bonchev–Trinajstić information content (AvgIpc) is 3.36. The summed E-state index contributed by atoms with van der Waals surface area (Å²) in [4.78, 5) is 38.7. The van der Waals surface area contributed by atoms with Gasteiger partial charge in [-0.3, -0.25) is 14.5 Å². The van der Waals surface area contributed by atoms with Crippen molar-refractivity contribution in [2.45, 2.75) is 96.6 Å². The minimum absolute atomic E-state index is 0.0399. The van der Waals surface area contributed by atoms with Gasteiger partial charge in [0.2, 0.25) is 0 Å². The highest BCUT2D eigenvalue weighted by Gasteiger charge is 2.49. The molecule has 3 aromatic rings. The number of hydrogen-bond acceptors (Lipinski definition) is 9. The van der Waals surface area contributed by atoms with E-state index in [0.29, 0.717) is 25.0 Å². The molecule has 1 N–H and O–H groups in total. The second kappa shape index (κ2) is 11.8. The van der Waals surface area contributed by atoms with Crippen molar-refractivity contribution in [1.29, 1.82) is 0 Å². The van der Waals surface area contributed by atoms with Crippen molar-refractivity contribution >= 4 is 22.9 Å². The van der Waals surface area contributed by atoms with Crippen molar-refractivity contribution in [3.63, 3.8) is 0 Å². The number of hydrogen-bond donors (Lipinski definition) is 1. The molecule has 2 fully saturated rings. The van der Waals surface area contributed by atoms with Gasteiger partial charge in [-0.05, 0) is 64.7 Å². The number of likely N-dealkylation sites (tertiary alicyclic amines) is 1. The lowest BCUT2D eigenvalue weighted by molar-refractivity contribution is -0.128. The summed E-state index contributed by atoms with van der Waals surface area (Å²) in [5.74, 6) is -1.05. The molecule has 230 valence electrons. The Morgan fingerprint density at radius 1 is 1.05 bits per heavy atom. The molecule has 1 aromatic carbocycles. The molecule has 11 heteroatoms. The van der Waals surface area contributed by atoms with Crippen molar-refractivity contribution in [1.82, 2.24) is 25.1 Å². The molecular weight excluding hydrogens is 572 g/mol. The molecule has 5 rings (SSSR count). The van der Waals surface area contributed by atoms with Gasteiger partial charge >= 0.3 is 0 Å². The lowest BCUT2D eigenvalue weighted by Crippen LogP contribution is -2.62. The quantitative estimate of drug-likeness (QED) is 0.287. The first kappa shape index (κ1) is 31.4. The van der Waals surface area contributed by atoms with E-state index < -0.39 is 28.1 Å². The Morgan fingerprint density at radius 2 is 1.70 bits per heavy atom. The van der Waals surface area contributed by atoms with Crippen molar-refractivity contribution in [2.24, 2.45) is 5.41 Å². The Labute approximate surface area is 255 Å². The van der Waals surface area contributed by atoms with Gasteiger partial charge < -0.3 is 5.11 Å². The molecule has 0 atom stereocenters. The largest absolute Gasteiger partial charge is 0.390 e. The lowest BCUT2D eigenvalue weighted by atomic mass is 9.68. The maximum Gasteiger partial charge on any atom is 0.194 e. The van der Waals surface area contributed by atoms with Crippen LogP contribution in [0.15, 0.2) is 24.3 Å². The first-order valence-electron chi connectivity index (χ1n) is 14.8. The van der Waals surface area contributed by atoms with Crippen LogP contribution < -0.4 is 0 Å². The van der Waals surface area contributed by atoms with E-state index >= 15 is 0 Å². The van der Waals surface area contributed by atoms with Gasteiger partial charge in [0.05, 0.1) is 5.60 Å². The summed E-state index contributed by atoms with van der Waals surface area (Å²) in [7, 11) is 0. The topological polar surface area (TPSA) is 109 Å². The zero-order chi connectivity index (χ0) is 31.2. The molecule has 2 aliphatic rings. The molecule has 0 unspecified atom stereocenters. The number of aromatic nitrogens is 4. The predicted octanol–water partition coefficient (Wildman–Crippen LogP) is 5.79. The number of carbonyl (C=O) groups excluding carboxylic acids is 2. The number of carbonyl (C=O) groups is 2. The van der Waals surface area contributed by atoms with Crippen molar-refractivity contribution in [2.75, 3.05) is 13.1 Å². The van der Waals surface area contributed by atoms with E-state index in [1.165, 1.54) is 6.07 Å². The van der Waals surface area contributed by atoms with Gasteiger partial charge in [0.1, 0.15) is 23.2 Å². The smallest absolute Gasteiger partial charge is 0.194 e. The predicted molar refractivity (Wildman–Crippen MR) is 160 cm³/mol. The second-order valence-corrected chi connectivity index (χ2v) is 14.5. The fourth-order valence-corrected chi connectivity index (χ4v) is 7.36. The third-order valence-corrected chi connectivity index (χ3v) is 9.78. The van der Waals surface area contributed by atoms with E-state index in [1.54, 1.807) is 0 Å². The Balaban J connectivity index is 1.32. The molecule has 0 spiro atoms. The summed E-state index contributed by atoms with van der Waals surface area (Å²) in [6.45, 7) is 10.8. The van der Waals surface area contributed by atoms with Crippen molar-refractivity contribution < 1.29 is 23.5 Å². The number of ketones is 2. The third-order valence-electron chi connectivity index (χ3n) is 8.79. The summed E-state index contributed by atoms with van der Waals surface area (Å²) in [5, 5.41) is 18.8. The number of nitrogens with zero attached hydrogens (tertiary/aromatic N) is 5. The Kier molecular flexibility index (Phi) is 8.63. The van der Waals surface area contributed by atoms with Crippen molar-refractivity contribution in [3.05, 3.63) is 58.1 Å². The highest BCUT2D eigenvalue weighted by molar-refractivity contribution is 7.16. The standard InChI is InChI=1S/C32H39F2N5O3S/c1-19-12-20(2)36-29(35-19)30(3,4)14-23(40)15-32(17-39(18-32)22-8-10-31(5,42)11-9-22)16-26(41)28-38-37-27(43-28)24-7-6-21(33)13-25(24)34/h6-7,12-13,22,42H,8-11,14-18H2,1-5H3. The zero-order valence-electron chi connectivity index (χ0n) is 25.4. The summed E-state index contributed by atoms with van der Waals surface area (Å²) in [6, 6.07) is 5.40. The molecule has 1 saturated carbocycles. The third kappa shape index (κ3) is 7.21. The SMILES string of the molecule is Cc1cc(C)nc(C(C)(C)CC(=O)CC2(CC(=O)c3nnc(-c4ccc(F)cc4F)s3)CN(C3CCC(C)(O)CC3)C2)n1.